The molecule has 2 N–H and O–H groups in total. The fourth-order valence-electron chi connectivity index (χ4n) is 2.50. The molecular formula is C14H24N4O2S. The number of rotatable bonds is 6. The lowest BCUT2D eigenvalue weighted by molar-refractivity contribution is 0.149. The molecule has 0 aromatic carbocycles. The van der Waals surface area contributed by atoms with Gasteiger partial charge in [0.25, 0.3) is 0 Å². The van der Waals surface area contributed by atoms with Crippen molar-refractivity contribution in [2.45, 2.75) is 19.4 Å². The smallest absolute Gasteiger partial charge is 0.214 e. The zero-order valence-electron chi connectivity index (χ0n) is 12.5. The van der Waals surface area contributed by atoms with Gasteiger partial charge in [0, 0.05) is 51.2 Å². The van der Waals surface area contributed by atoms with Crippen molar-refractivity contribution in [2.24, 2.45) is 5.73 Å². The lowest BCUT2D eigenvalue weighted by Crippen LogP contribution is -2.53. The molecule has 21 heavy (non-hydrogen) atoms. The van der Waals surface area contributed by atoms with E-state index in [0.29, 0.717) is 32.1 Å². The van der Waals surface area contributed by atoms with Crippen LogP contribution in [0.15, 0.2) is 24.5 Å². The third-order valence-corrected chi connectivity index (χ3v) is 5.90. The highest BCUT2D eigenvalue weighted by Gasteiger charge is 2.27. The quantitative estimate of drug-likeness (QED) is 0.795. The van der Waals surface area contributed by atoms with E-state index in [1.54, 1.807) is 16.7 Å². The SMILES string of the molecule is CC(CN)N1CCN(S(=O)(=O)CCc2ccncc2)CC1. The summed E-state index contributed by atoms with van der Waals surface area (Å²) in [6.45, 7) is 5.31. The summed E-state index contributed by atoms with van der Waals surface area (Å²) < 4.78 is 26.3. The highest BCUT2D eigenvalue weighted by molar-refractivity contribution is 7.89. The number of piperazine rings is 1. The Labute approximate surface area is 127 Å². The molecule has 118 valence electrons. The van der Waals surface area contributed by atoms with Gasteiger partial charge in [0.05, 0.1) is 5.75 Å². The number of nitrogens with two attached hydrogens (primary N) is 1. The molecule has 1 aromatic heterocycles. The summed E-state index contributed by atoms with van der Waals surface area (Å²) in [4.78, 5) is 6.18. The summed E-state index contributed by atoms with van der Waals surface area (Å²) in [5.74, 6) is 0.156. The normalized spacial score (nSPS) is 19.5. The third-order valence-electron chi connectivity index (χ3n) is 4.03. The van der Waals surface area contributed by atoms with Crippen molar-refractivity contribution in [1.82, 2.24) is 14.2 Å². The van der Waals surface area contributed by atoms with Crippen LogP contribution in [-0.4, -0.2) is 67.1 Å². The number of hydrogen-bond acceptors (Lipinski definition) is 5. The number of sulfonamides is 1. The molecule has 2 rings (SSSR count). The largest absolute Gasteiger partial charge is 0.329 e. The van der Waals surface area contributed by atoms with Crippen molar-refractivity contribution in [3.63, 3.8) is 0 Å². The van der Waals surface area contributed by atoms with Crippen molar-refractivity contribution in [3.05, 3.63) is 30.1 Å². The van der Waals surface area contributed by atoms with E-state index in [0.717, 1.165) is 18.7 Å². The average Bonchev–Trinajstić information content (AvgIpc) is 2.53. The van der Waals surface area contributed by atoms with E-state index in [-0.39, 0.29) is 5.75 Å². The van der Waals surface area contributed by atoms with Crippen molar-refractivity contribution in [3.8, 4) is 0 Å². The molecule has 1 unspecified atom stereocenters. The summed E-state index contributed by atoms with van der Waals surface area (Å²) >= 11 is 0. The van der Waals surface area contributed by atoms with Crippen molar-refractivity contribution in [1.29, 1.82) is 0 Å². The molecule has 1 aromatic rings. The molecule has 0 bridgehead atoms. The van der Waals surface area contributed by atoms with Crippen LogP contribution in [0.4, 0.5) is 0 Å². The van der Waals surface area contributed by atoms with Gasteiger partial charge in [-0.25, -0.2) is 8.42 Å². The van der Waals surface area contributed by atoms with Gasteiger partial charge in [0.1, 0.15) is 0 Å². The molecule has 0 saturated carbocycles. The number of pyridine rings is 1. The van der Waals surface area contributed by atoms with Crippen LogP contribution in [0.25, 0.3) is 0 Å². The highest BCUT2D eigenvalue weighted by atomic mass is 32.2. The minimum absolute atomic E-state index is 0.156. The van der Waals surface area contributed by atoms with E-state index >= 15 is 0 Å². The van der Waals surface area contributed by atoms with Crippen LogP contribution < -0.4 is 5.73 Å². The first-order chi connectivity index (χ1) is 10.0. The topological polar surface area (TPSA) is 79.5 Å². The predicted molar refractivity (Wildman–Crippen MR) is 83.4 cm³/mol. The first kappa shape index (κ1) is 16.4. The van der Waals surface area contributed by atoms with Crippen LogP contribution >= 0.6 is 0 Å². The van der Waals surface area contributed by atoms with Gasteiger partial charge in [-0.05, 0) is 31.0 Å². The van der Waals surface area contributed by atoms with Crippen LogP contribution in [0, 0.1) is 0 Å². The Balaban J connectivity index is 1.87. The summed E-state index contributed by atoms with van der Waals surface area (Å²) in [5.41, 5.74) is 6.66. The van der Waals surface area contributed by atoms with Crippen LogP contribution in [-0.2, 0) is 16.4 Å². The Bertz CT molecular complexity index is 527. The third kappa shape index (κ3) is 4.47. The first-order valence-electron chi connectivity index (χ1n) is 7.34. The summed E-state index contributed by atoms with van der Waals surface area (Å²) in [6, 6.07) is 4.03. The molecule has 0 amide bonds. The molecule has 0 spiro atoms. The number of aryl methyl sites for hydroxylation is 1. The molecule has 1 aliphatic heterocycles. The van der Waals surface area contributed by atoms with Crippen LogP contribution in [0.2, 0.25) is 0 Å². The number of nitrogens with zero attached hydrogens (tertiary/aromatic N) is 3. The minimum Gasteiger partial charge on any atom is -0.329 e. The van der Waals surface area contributed by atoms with E-state index in [1.807, 2.05) is 12.1 Å². The Morgan fingerprint density at radius 1 is 1.24 bits per heavy atom. The van der Waals surface area contributed by atoms with Gasteiger partial charge in [-0.15, -0.1) is 0 Å². The zero-order valence-corrected chi connectivity index (χ0v) is 13.3. The van der Waals surface area contributed by atoms with Gasteiger partial charge in [-0.3, -0.25) is 9.88 Å². The second-order valence-corrected chi connectivity index (χ2v) is 7.53. The number of aromatic nitrogens is 1. The Morgan fingerprint density at radius 2 is 1.86 bits per heavy atom. The first-order valence-corrected chi connectivity index (χ1v) is 8.94. The molecule has 0 aliphatic carbocycles. The van der Waals surface area contributed by atoms with Crippen LogP contribution in [0.3, 0.4) is 0 Å². The van der Waals surface area contributed by atoms with E-state index in [4.69, 9.17) is 5.73 Å². The van der Waals surface area contributed by atoms with Crippen LogP contribution in [0.1, 0.15) is 12.5 Å². The fraction of sp³-hybridized carbons (Fsp3) is 0.643. The van der Waals surface area contributed by atoms with Gasteiger partial charge < -0.3 is 5.73 Å². The molecular weight excluding hydrogens is 288 g/mol. The van der Waals surface area contributed by atoms with E-state index in [1.165, 1.54) is 0 Å². The Kier molecular flexibility index (Phi) is 5.69. The minimum atomic E-state index is -3.18. The van der Waals surface area contributed by atoms with Crippen molar-refractivity contribution >= 4 is 10.0 Å². The maximum Gasteiger partial charge on any atom is 0.214 e. The number of hydrogen-bond donors (Lipinski definition) is 1. The van der Waals surface area contributed by atoms with E-state index in [2.05, 4.69) is 16.8 Å². The maximum absolute atomic E-state index is 12.4. The van der Waals surface area contributed by atoms with Gasteiger partial charge in [0.15, 0.2) is 0 Å². The summed E-state index contributed by atoms with van der Waals surface area (Å²) in [6.07, 6.45) is 3.91. The average molecular weight is 312 g/mol. The zero-order chi connectivity index (χ0) is 15.3. The van der Waals surface area contributed by atoms with Crippen molar-refractivity contribution in [2.75, 3.05) is 38.5 Å². The standard InChI is InChI=1S/C14H24N4O2S/c1-13(12-15)17-7-9-18(10-8-17)21(19,20)11-4-14-2-5-16-6-3-14/h2-3,5-6,13H,4,7-12,15H2,1H3. The monoisotopic (exact) mass is 312 g/mol. The van der Waals surface area contributed by atoms with Gasteiger partial charge in [-0.1, -0.05) is 0 Å². The molecule has 1 saturated heterocycles. The second-order valence-electron chi connectivity index (χ2n) is 5.44. The van der Waals surface area contributed by atoms with Crippen molar-refractivity contribution < 1.29 is 8.42 Å². The summed E-state index contributed by atoms with van der Waals surface area (Å²) in [7, 11) is -3.18. The summed E-state index contributed by atoms with van der Waals surface area (Å²) in [5, 5.41) is 0. The van der Waals surface area contributed by atoms with Crippen LogP contribution in [0.5, 0.6) is 0 Å². The predicted octanol–water partition coefficient (Wildman–Crippen LogP) is -0.0813. The maximum atomic E-state index is 12.4. The van der Waals surface area contributed by atoms with Gasteiger partial charge >= 0.3 is 0 Å². The molecule has 6 nitrogen and oxygen atoms in total. The Hall–Kier alpha value is -1.02. The van der Waals surface area contributed by atoms with E-state index < -0.39 is 10.0 Å². The Morgan fingerprint density at radius 3 is 2.43 bits per heavy atom. The van der Waals surface area contributed by atoms with Gasteiger partial charge in [0.2, 0.25) is 10.0 Å². The fourth-order valence-corrected chi connectivity index (χ4v) is 3.97. The second kappa shape index (κ2) is 7.31. The highest BCUT2D eigenvalue weighted by Crippen LogP contribution is 2.12. The molecule has 1 aliphatic rings. The molecule has 0 radical (unpaired) electrons. The lowest BCUT2D eigenvalue weighted by Gasteiger charge is -2.37. The van der Waals surface area contributed by atoms with E-state index in [9.17, 15) is 8.42 Å². The lowest BCUT2D eigenvalue weighted by atomic mass is 10.2. The molecule has 7 heteroatoms. The van der Waals surface area contributed by atoms with Gasteiger partial charge in [-0.2, -0.15) is 4.31 Å². The molecule has 1 atom stereocenters. The molecule has 2 heterocycles. The molecule has 1 fully saturated rings.